The molecule has 1 atom stereocenters. The topological polar surface area (TPSA) is 9.23 Å². The fourth-order valence-electron chi connectivity index (χ4n) is 3.17. The Balaban J connectivity index is 2.64. The Hall–Kier alpha value is -0.653. The Morgan fingerprint density at radius 2 is 1.35 bits per heavy atom. The third kappa shape index (κ3) is 4.06. The van der Waals surface area contributed by atoms with Crippen LogP contribution in [0.2, 0.25) is 5.04 Å². The van der Waals surface area contributed by atoms with Gasteiger partial charge < -0.3 is 4.43 Å². The van der Waals surface area contributed by atoms with Crippen molar-refractivity contribution in [1.29, 1.82) is 0 Å². The van der Waals surface area contributed by atoms with Gasteiger partial charge in [0.05, 0.1) is 4.11 Å². The van der Waals surface area contributed by atoms with Crippen LogP contribution in [0.15, 0.2) is 60.7 Å². The van der Waals surface area contributed by atoms with Crippen molar-refractivity contribution in [3.63, 3.8) is 0 Å². The van der Waals surface area contributed by atoms with E-state index >= 15 is 0 Å². The molecule has 0 saturated heterocycles. The van der Waals surface area contributed by atoms with E-state index < -0.39 is 8.32 Å². The molecule has 23 heavy (non-hydrogen) atoms. The fourth-order valence-corrected chi connectivity index (χ4v) is 9.45. The highest BCUT2D eigenvalue weighted by molar-refractivity contribution is 14.1. The van der Waals surface area contributed by atoms with Crippen LogP contribution in [0.4, 0.5) is 0 Å². The molecule has 0 aliphatic rings. The minimum absolute atomic E-state index is 0.0624. The van der Waals surface area contributed by atoms with Gasteiger partial charge >= 0.3 is 0 Å². The van der Waals surface area contributed by atoms with Gasteiger partial charge in [0.2, 0.25) is 0 Å². The Kier molecular flexibility index (Phi) is 6.46. The molecule has 0 radical (unpaired) electrons. The lowest BCUT2D eigenvalue weighted by Gasteiger charge is -2.44. The SMILES string of the molecule is CCCC(I)O[Si](c1ccccc1)(c1ccccc1)C(C)(C)C. The average Bonchev–Trinajstić information content (AvgIpc) is 2.53. The van der Waals surface area contributed by atoms with Crippen LogP contribution in [0.3, 0.4) is 0 Å². The highest BCUT2D eigenvalue weighted by Crippen LogP contribution is 2.38. The summed E-state index contributed by atoms with van der Waals surface area (Å²) in [5, 5.41) is 2.78. The monoisotopic (exact) mass is 438 g/mol. The Morgan fingerprint density at radius 1 is 0.913 bits per heavy atom. The minimum atomic E-state index is -2.36. The van der Waals surface area contributed by atoms with Crippen LogP contribution in [-0.4, -0.2) is 12.4 Å². The summed E-state index contributed by atoms with van der Waals surface area (Å²) in [5.41, 5.74) is 0. The van der Waals surface area contributed by atoms with Crippen LogP contribution in [0.25, 0.3) is 0 Å². The second kappa shape index (κ2) is 7.95. The maximum atomic E-state index is 6.94. The molecule has 2 aromatic carbocycles. The molecule has 0 spiro atoms. The number of hydrogen-bond donors (Lipinski definition) is 0. The van der Waals surface area contributed by atoms with Gasteiger partial charge in [-0.15, -0.1) is 0 Å². The predicted molar refractivity (Wildman–Crippen MR) is 111 cm³/mol. The maximum Gasteiger partial charge on any atom is 0.262 e. The lowest BCUT2D eigenvalue weighted by Crippen LogP contribution is -2.67. The summed E-state index contributed by atoms with van der Waals surface area (Å²) in [6, 6.07) is 21.7. The Labute approximate surface area is 155 Å². The maximum absolute atomic E-state index is 6.94. The van der Waals surface area contributed by atoms with Crippen LogP contribution in [-0.2, 0) is 4.43 Å². The zero-order chi connectivity index (χ0) is 16.9. The first-order valence-electron chi connectivity index (χ1n) is 8.34. The van der Waals surface area contributed by atoms with E-state index in [9.17, 15) is 0 Å². The van der Waals surface area contributed by atoms with Gasteiger partial charge in [-0.05, 0) is 21.8 Å². The van der Waals surface area contributed by atoms with Crippen LogP contribution >= 0.6 is 22.6 Å². The van der Waals surface area contributed by atoms with E-state index in [-0.39, 0.29) is 9.15 Å². The van der Waals surface area contributed by atoms with Gasteiger partial charge in [0.15, 0.2) is 0 Å². The fraction of sp³-hybridized carbons (Fsp3) is 0.400. The van der Waals surface area contributed by atoms with Gasteiger partial charge in [0.25, 0.3) is 8.32 Å². The molecule has 124 valence electrons. The highest BCUT2D eigenvalue weighted by atomic mass is 127. The second-order valence-electron chi connectivity index (χ2n) is 6.98. The highest BCUT2D eigenvalue weighted by Gasteiger charge is 2.51. The van der Waals surface area contributed by atoms with Gasteiger partial charge in [0.1, 0.15) is 0 Å². The largest absolute Gasteiger partial charge is 0.396 e. The summed E-state index contributed by atoms with van der Waals surface area (Å²) in [6.45, 7) is 9.21. The molecule has 2 aromatic rings. The molecule has 0 fully saturated rings. The molecule has 0 saturated carbocycles. The summed E-state index contributed by atoms with van der Waals surface area (Å²) in [6.07, 6.45) is 2.23. The number of halogens is 1. The zero-order valence-corrected chi connectivity index (χ0v) is 17.7. The van der Waals surface area contributed by atoms with E-state index in [4.69, 9.17) is 4.43 Å². The molecule has 0 amide bonds. The standard InChI is InChI=1S/C20H27IOSi/c1-5-12-19(21)22-23(20(2,3)4,17-13-8-6-9-14-17)18-15-10-7-11-16-18/h6-11,13-16,19H,5,12H2,1-4H3. The third-order valence-corrected chi connectivity index (χ3v) is 10.6. The number of hydrogen-bond acceptors (Lipinski definition) is 1. The summed E-state index contributed by atoms with van der Waals surface area (Å²) in [5.74, 6) is 0. The Bertz CT molecular complexity index is 553. The van der Waals surface area contributed by atoms with Gasteiger partial charge in [-0.2, -0.15) is 0 Å². The van der Waals surface area contributed by atoms with Crippen LogP contribution in [0.5, 0.6) is 0 Å². The van der Waals surface area contributed by atoms with Crippen molar-refractivity contribution in [3.05, 3.63) is 60.7 Å². The molecular formula is C20H27IOSi. The van der Waals surface area contributed by atoms with Crippen LogP contribution < -0.4 is 10.4 Å². The summed E-state index contributed by atoms with van der Waals surface area (Å²) >= 11 is 2.47. The lowest BCUT2D eigenvalue weighted by atomic mass is 10.2. The first-order valence-corrected chi connectivity index (χ1v) is 11.5. The van der Waals surface area contributed by atoms with Gasteiger partial charge in [-0.3, -0.25) is 0 Å². The van der Waals surface area contributed by atoms with Crippen molar-refractivity contribution in [2.24, 2.45) is 0 Å². The van der Waals surface area contributed by atoms with E-state index in [1.807, 2.05) is 0 Å². The predicted octanol–water partition coefficient (Wildman–Crippen LogP) is 5.12. The molecule has 1 unspecified atom stereocenters. The molecule has 0 heterocycles. The number of alkyl halides is 1. The Morgan fingerprint density at radius 3 is 1.70 bits per heavy atom. The van der Waals surface area contributed by atoms with Crippen LogP contribution in [0, 0.1) is 0 Å². The van der Waals surface area contributed by atoms with E-state index in [0.717, 1.165) is 12.8 Å². The molecule has 0 aliphatic heterocycles. The number of rotatable bonds is 6. The van der Waals surface area contributed by atoms with Gasteiger partial charge in [-0.1, -0.05) is 117 Å². The smallest absolute Gasteiger partial charge is 0.262 e. The zero-order valence-electron chi connectivity index (χ0n) is 14.6. The molecule has 0 bridgehead atoms. The summed E-state index contributed by atoms with van der Waals surface area (Å²) < 4.78 is 7.18. The lowest BCUT2D eigenvalue weighted by molar-refractivity contribution is 0.273. The molecule has 0 N–H and O–H groups in total. The first-order chi connectivity index (χ1) is 10.9. The summed E-state index contributed by atoms with van der Waals surface area (Å²) in [4.78, 5) is 0. The number of benzene rings is 2. The van der Waals surface area contributed by atoms with Crippen LogP contribution in [0.1, 0.15) is 40.5 Å². The van der Waals surface area contributed by atoms with Crippen molar-refractivity contribution in [2.45, 2.75) is 49.7 Å². The molecular weight excluding hydrogens is 411 g/mol. The normalized spacial score (nSPS) is 13.8. The van der Waals surface area contributed by atoms with E-state index in [1.54, 1.807) is 0 Å². The third-order valence-electron chi connectivity index (χ3n) is 4.24. The van der Waals surface area contributed by atoms with Crippen molar-refractivity contribution in [3.8, 4) is 0 Å². The quantitative estimate of drug-likeness (QED) is 0.346. The molecule has 0 aliphatic carbocycles. The first kappa shape index (κ1) is 18.7. The van der Waals surface area contributed by atoms with E-state index in [2.05, 4.69) is 111 Å². The van der Waals surface area contributed by atoms with Crippen molar-refractivity contribution in [2.75, 3.05) is 0 Å². The molecule has 3 heteroatoms. The second-order valence-corrected chi connectivity index (χ2v) is 12.6. The van der Waals surface area contributed by atoms with Crippen molar-refractivity contribution >= 4 is 41.3 Å². The van der Waals surface area contributed by atoms with Gasteiger partial charge in [0, 0.05) is 0 Å². The molecule has 0 aromatic heterocycles. The van der Waals surface area contributed by atoms with Crippen molar-refractivity contribution in [1.82, 2.24) is 0 Å². The van der Waals surface area contributed by atoms with Gasteiger partial charge in [-0.25, -0.2) is 0 Å². The van der Waals surface area contributed by atoms with E-state index in [1.165, 1.54) is 10.4 Å². The van der Waals surface area contributed by atoms with E-state index in [0.29, 0.717) is 0 Å². The molecule has 2 rings (SSSR count). The minimum Gasteiger partial charge on any atom is -0.396 e. The summed E-state index contributed by atoms with van der Waals surface area (Å²) in [7, 11) is -2.36. The molecule has 1 nitrogen and oxygen atoms in total. The average molecular weight is 438 g/mol. The van der Waals surface area contributed by atoms with Crippen molar-refractivity contribution < 1.29 is 4.43 Å².